The van der Waals surface area contributed by atoms with E-state index < -0.39 is 20.0 Å². The quantitative estimate of drug-likeness (QED) is 0.256. The average molecular weight is 610 g/mol. The van der Waals surface area contributed by atoms with Crippen LogP contribution >= 0.6 is 46.4 Å². The molecule has 0 unspecified atom stereocenters. The van der Waals surface area contributed by atoms with Gasteiger partial charge in [0.25, 0.3) is 0 Å². The Balaban J connectivity index is 1.88. The Morgan fingerprint density at radius 1 is 0.611 bits per heavy atom. The average Bonchev–Trinajstić information content (AvgIpc) is 2.83. The van der Waals surface area contributed by atoms with Gasteiger partial charge in [0.1, 0.15) is 9.79 Å². The molecule has 0 fully saturated rings. The van der Waals surface area contributed by atoms with Crippen LogP contribution in [0.5, 0.6) is 0 Å². The molecule has 0 saturated carbocycles. The van der Waals surface area contributed by atoms with Crippen LogP contribution in [-0.4, -0.2) is 38.5 Å². The minimum absolute atomic E-state index is 0.0640. The molecule has 0 saturated heterocycles. The molecule has 12 heteroatoms. The zero-order valence-electron chi connectivity index (χ0n) is 19.5. The summed E-state index contributed by atoms with van der Waals surface area (Å²) in [5.74, 6) is 0. The number of hydrogen-bond acceptors (Lipinski definition) is 4. The van der Waals surface area contributed by atoms with E-state index in [1.165, 1.54) is 45.0 Å². The largest absolute Gasteiger partial charge is 0.244 e. The van der Waals surface area contributed by atoms with E-state index >= 15 is 0 Å². The Kier molecular flexibility index (Phi) is 9.74. The molecule has 0 N–H and O–H groups in total. The summed E-state index contributed by atoms with van der Waals surface area (Å²) in [5.41, 5.74) is 1.37. The zero-order chi connectivity index (χ0) is 26.7. The van der Waals surface area contributed by atoms with Crippen LogP contribution in [0.25, 0.3) is 0 Å². The van der Waals surface area contributed by atoms with E-state index in [1.54, 1.807) is 38.1 Å². The van der Waals surface area contributed by atoms with Gasteiger partial charge in [-0.3, -0.25) is 0 Å². The molecule has 0 amide bonds. The molecule has 0 heterocycles. The minimum atomic E-state index is -3.93. The molecule has 0 aliphatic heterocycles. The fourth-order valence-electron chi connectivity index (χ4n) is 3.60. The molecule has 36 heavy (non-hydrogen) atoms. The fourth-order valence-corrected chi connectivity index (χ4v) is 7.94. The molecule has 0 spiro atoms. The highest BCUT2D eigenvalue weighted by Gasteiger charge is 2.28. The lowest BCUT2D eigenvalue weighted by molar-refractivity contribution is 0.419. The summed E-state index contributed by atoms with van der Waals surface area (Å²) in [4.78, 5) is -0.146. The van der Waals surface area contributed by atoms with Crippen LogP contribution in [0.3, 0.4) is 0 Å². The Hall–Kier alpha value is -1.36. The Bertz CT molecular complexity index is 1360. The molecular weight excluding hydrogens is 586 g/mol. The van der Waals surface area contributed by atoms with E-state index in [2.05, 4.69) is 0 Å². The molecule has 0 bridgehead atoms. The van der Waals surface area contributed by atoms with Crippen LogP contribution in [0.1, 0.15) is 25.0 Å². The van der Waals surface area contributed by atoms with Gasteiger partial charge in [-0.2, -0.15) is 8.61 Å². The van der Waals surface area contributed by atoms with Crippen LogP contribution in [-0.2, 0) is 33.1 Å². The SMILES string of the molecule is CCN(Cc1cccc(CN(CC)S(=O)(=O)c2cc(Cl)ccc2Cl)c1)S(=O)(=O)c1cc(Cl)ccc1Cl. The number of sulfonamides is 2. The molecule has 3 aromatic carbocycles. The molecule has 0 radical (unpaired) electrons. The summed E-state index contributed by atoms with van der Waals surface area (Å²) < 4.78 is 55.6. The van der Waals surface area contributed by atoms with Crippen LogP contribution in [0.4, 0.5) is 0 Å². The van der Waals surface area contributed by atoms with Crippen LogP contribution in [0.15, 0.2) is 70.5 Å². The molecule has 0 atom stereocenters. The maximum atomic E-state index is 13.3. The molecule has 0 aromatic heterocycles. The van der Waals surface area contributed by atoms with E-state index in [0.29, 0.717) is 11.1 Å². The van der Waals surface area contributed by atoms with Crippen molar-refractivity contribution in [3.8, 4) is 0 Å². The Morgan fingerprint density at radius 3 is 1.36 bits per heavy atom. The van der Waals surface area contributed by atoms with Gasteiger partial charge in [0, 0.05) is 36.2 Å². The van der Waals surface area contributed by atoms with Crippen molar-refractivity contribution in [2.24, 2.45) is 0 Å². The van der Waals surface area contributed by atoms with Crippen molar-refractivity contribution in [2.75, 3.05) is 13.1 Å². The molecule has 0 aliphatic carbocycles. The number of hydrogen-bond donors (Lipinski definition) is 0. The Labute approximate surface area is 232 Å². The summed E-state index contributed by atoms with van der Waals surface area (Å²) in [6.07, 6.45) is 0. The highest BCUT2D eigenvalue weighted by molar-refractivity contribution is 7.89. The van der Waals surface area contributed by atoms with Crippen molar-refractivity contribution in [3.05, 3.63) is 91.9 Å². The second-order valence-electron chi connectivity index (χ2n) is 7.83. The van der Waals surface area contributed by atoms with Gasteiger partial charge in [-0.1, -0.05) is 84.5 Å². The van der Waals surface area contributed by atoms with E-state index in [4.69, 9.17) is 46.4 Å². The summed E-state index contributed by atoms with van der Waals surface area (Å²) in [5, 5.41) is 0.679. The van der Waals surface area contributed by atoms with Gasteiger partial charge in [-0.05, 0) is 47.5 Å². The summed E-state index contributed by atoms with van der Waals surface area (Å²) in [6, 6.07) is 15.7. The van der Waals surface area contributed by atoms with Crippen molar-refractivity contribution in [1.29, 1.82) is 0 Å². The lowest BCUT2D eigenvalue weighted by Crippen LogP contribution is -2.31. The minimum Gasteiger partial charge on any atom is -0.207 e. The van der Waals surface area contributed by atoms with Crippen LogP contribution in [0.2, 0.25) is 20.1 Å². The summed E-state index contributed by atoms with van der Waals surface area (Å²) >= 11 is 24.3. The maximum Gasteiger partial charge on any atom is 0.244 e. The van der Waals surface area contributed by atoms with Gasteiger partial charge in [0.2, 0.25) is 20.0 Å². The van der Waals surface area contributed by atoms with Crippen molar-refractivity contribution in [1.82, 2.24) is 8.61 Å². The van der Waals surface area contributed by atoms with Gasteiger partial charge in [0.15, 0.2) is 0 Å². The molecule has 6 nitrogen and oxygen atoms in total. The van der Waals surface area contributed by atoms with E-state index in [0.717, 1.165) is 0 Å². The third-order valence-electron chi connectivity index (χ3n) is 5.44. The number of benzene rings is 3. The van der Waals surface area contributed by atoms with E-state index in [9.17, 15) is 16.8 Å². The maximum absolute atomic E-state index is 13.3. The van der Waals surface area contributed by atoms with Crippen molar-refractivity contribution >= 4 is 66.5 Å². The van der Waals surface area contributed by atoms with Crippen LogP contribution < -0.4 is 0 Å². The molecule has 194 valence electrons. The van der Waals surface area contributed by atoms with Crippen molar-refractivity contribution in [2.45, 2.75) is 36.7 Å². The third kappa shape index (κ3) is 6.55. The molecule has 3 aromatic rings. The zero-order valence-corrected chi connectivity index (χ0v) is 24.1. The van der Waals surface area contributed by atoms with Crippen molar-refractivity contribution < 1.29 is 16.8 Å². The lowest BCUT2D eigenvalue weighted by Gasteiger charge is -2.23. The normalized spacial score (nSPS) is 12.4. The molecule has 3 rings (SSSR count). The van der Waals surface area contributed by atoms with E-state index in [-0.39, 0.29) is 56.1 Å². The summed E-state index contributed by atoms with van der Waals surface area (Å²) in [6.45, 7) is 3.96. The first-order valence-electron chi connectivity index (χ1n) is 10.9. The van der Waals surface area contributed by atoms with Crippen molar-refractivity contribution in [3.63, 3.8) is 0 Å². The highest BCUT2D eigenvalue weighted by Crippen LogP contribution is 2.30. The highest BCUT2D eigenvalue weighted by atomic mass is 35.5. The second kappa shape index (κ2) is 12.0. The topological polar surface area (TPSA) is 74.8 Å². The van der Waals surface area contributed by atoms with Gasteiger partial charge in [-0.25, -0.2) is 16.8 Å². The number of nitrogens with zero attached hydrogens (tertiary/aromatic N) is 2. The fraction of sp³-hybridized carbons (Fsp3) is 0.250. The Morgan fingerprint density at radius 2 is 1.00 bits per heavy atom. The van der Waals surface area contributed by atoms with Gasteiger partial charge >= 0.3 is 0 Å². The first kappa shape index (κ1) is 29.2. The first-order valence-corrected chi connectivity index (χ1v) is 15.3. The monoisotopic (exact) mass is 608 g/mol. The predicted molar refractivity (Wildman–Crippen MR) is 146 cm³/mol. The van der Waals surface area contributed by atoms with Gasteiger partial charge in [-0.15, -0.1) is 0 Å². The third-order valence-corrected chi connectivity index (χ3v) is 10.7. The predicted octanol–water partition coefficient (Wildman–Crippen LogP) is 6.72. The molecular formula is C24H24Cl4N2O4S2. The number of halogens is 4. The first-order chi connectivity index (χ1) is 16.9. The smallest absolute Gasteiger partial charge is 0.207 e. The van der Waals surface area contributed by atoms with Gasteiger partial charge in [0.05, 0.1) is 10.0 Å². The van der Waals surface area contributed by atoms with E-state index in [1.807, 2.05) is 0 Å². The molecule has 0 aliphatic rings. The standard InChI is InChI=1S/C24H24Cl4N2O4S2/c1-3-29(35(31,32)23-13-19(25)8-10-21(23)27)15-17-6-5-7-18(12-17)16-30(4-2)36(33,34)24-14-20(26)9-11-22(24)28/h5-14H,3-4,15-16H2,1-2H3. The second-order valence-corrected chi connectivity index (χ2v) is 13.3. The van der Waals surface area contributed by atoms with Crippen LogP contribution in [0, 0.1) is 0 Å². The summed E-state index contributed by atoms with van der Waals surface area (Å²) in [7, 11) is -7.86. The number of rotatable bonds is 10. The lowest BCUT2D eigenvalue weighted by atomic mass is 10.1. The van der Waals surface area contributed by atoms with Gasteiger partial charge < -0.3 is 0 Å².